The van der Waals surface area contributed by atoms with Gasteiger partial charge in [0.05, 0.1) is 12.6 Å². The number of aliphatic hydroxyl groups is 1. The van der Waals surface area contributed by atoms with Gasteiger partial charge in [-0.05, 0) is 28.3 Å². The number of anilines is 1. The molecule has 1 fully saturated rings. The third kappa shape index (κ3) is 2.67. The van der Waals surface area contributed by atoms with E-state index < -0.39 is 0 Å². The van der Waals surface area contributed by atoms with E-state index in [9.17, 15) is 5.11 Å². The molecule has 0 aromatic carbocycles. The standard InChI is InChI=1S/C13H20BrN3O/c1-8(2)13-15-11(14)6-12(16-13)17-5-4-9(3)10(17)7-18/h6,8-10,18H,4-5,7H2,1-3H3. The first-order valence-electron chi connectivity index (χ1n) is 6.45. The Morgan fingerprint density at radius 1 is 1.50 bits per heavy atom. The van der Waals surface area contributed by atoms with Crippen LogP contribution in [-0.2, 0) is 0 Å². The molecule has 100 valence electrons. The second-order valence-corrected chi connectivity index (χ2v) is 6.08. The van der Waals surface area contributed by atoms with Crippen LogP contribution < -0.4 is 4.90 Å². The van der Waals surface area contributed by atoms with Crippen molar-refractivity contribution in [3.05, 3.63) is 16.5 Å². The summed E-state index contributed by atoms with van der Waals surface area (Å²) in [6, 6.07) is 2.11. The average molecular weight is 314 g/mol. The molecular weight excluding hydrogens is 294 g/mol. The molecule has 1 N–H and O–H groups in total. The average Bonchev–Trinajstić information content (AvgIpc) is 2.69. The fraction of sp³-hybridized carbons (Fsp3) is 0.692. The van der Waals surface area contributed by atoms with E-state index in [1.54, 1.807) is 0 Å². The highest BCUT2D eigenvalue weighted by molar-refractivity contribution is 9.10. The number of nitrogens with zero attached hydrogens (tertiary/aromatic N) is 3. The largest absolute Gasteiger partial charge is 0.394 e. The van der Waals surface area contributed by atoms with Crippen molar-refractivity contribution in [3.63, 3.8) is 0 Å². The number of rotatable bonds is 3. The monoisotopic (exact) mass is 313 g/mol. The van der Waals surface area contributed by atoms with Gasteiger partial charge in [-0.2, -0.15) is 0 Å². The molecule has 4 nitrogen and oxygen atoms in total. The summed E-state index contributed by atoms with van der Waals surface area (Å²) in [7, 11) is 0. The van der Waals surface area contributed by atoms with Crippen molar-refractivity contribution in [2.45, 2.75) is 39.2 Å². The molecule has 1 aliphatic rings. The summed E-state index contributed by atoms with van der Waals surface area (Å²) in [4.78, 5) is 11.2. The highest BCUT2D eigenvalue weighted by atomic mass is 79.9. The minimum absolute atomic E-state index is 0.173. The Labute approximate surface area is 117 Å². The molecule has 0 spiro atoms. The zero-order valence-electron chi connectivity index (χ0n) is 11.1. The maximum absolute atomic E-state index is 9.52. The number of aromatic nitrogens is 2. The molecule has 1 aromatic heterocycles. The summed E-state index contributed by atoms with van der Waals surface area (Å²) in [5.41, 5.74) is 0. The van der Waals surface area contributed by atoms with E-state index in [1.165, 1.54) is 0 Å². The Kier molecular flexibility index (Phi) is 4.22. The fourth-order valence-corrected chi connectivity index (χ4v) is 2.79. The quantitative estimate of drug-likeness (QED) is 0.871. The van der Waals surface area contributed by atoms with E-state index in [-0.39, 0.29) is 12.6 Å². The minimum Gasteiger partial charge on any atom is -0.394 e. The molecule has 0 radical (unpaired) electrons. The van der Waals surface area contributed by atoms with Crippen LogP contribution in [0.3, 0.4) is 0 Å². The number of hydrogen-bond acceptors (Lipinski definition) is 4. The molecule has 0 aliphatic carbocycles. The molecule has 2 rings (SSSR count). The predicted molar refractivity (Wildman–Crippen MR) is 75.8 cm³/mol. The minimum atomic E-state index is 0.173. The van der Waals surface area contributed by atoms with Crippen molar-refractivity contribution in [2.75, 3.05) is 18.1 Å². The lowest BCUT2D eigenvalue weighted by atomic mass is 10.0. The van der Waals surface area contributed by atoms with E-state index in [0.717, 1.165) is 29.2 Å². The van der Waals surface area contributed by atoms with Crippen LogP contribution in [0.1, 0.15) is 38.9 Å². The zero-order valence-corrected chi connectivity index (χ0v) is 12.7. The third-order valence-electron chi connectivity index (χ3n) is 3.58. The number of aliphatic hydroxyl groups excluding tert-OH is 1. The molecule has 0 amide bonds. The van der Waals surface area contributed by atoms with Crippen molar-refractivity contribution in [3.8, 4) is 0 Å². The molecule has 2 unspecified atom stereocenters. The SMILES string of the molecule is CC(C)c1nc(Br)cc(N2CCC(C)C2CO)n1. The van der Waals surface area contributed by atoms with E-state index in [1.807, 2.05) is 6.07 Å². The molecule has 5 heteroatoms. The van der Waals surface area contributed by atoms with Crippen LogP contribution >= 0.6 is 15.9 Å². The zero-order chi connectivity index (χ0) is 13.3. The van der Waals surface area contributed by atoms with Gasteiger partial charge >= 0.3 is 0 Å². The first kappa shape index (κ1) is 13.7. The van der Waals surface area contributed by atoms with Crippen molar-refractivity contribution in [1.82, 2.24) is 9.97 Å². The van der Waals surface area contributed by atoms with Crippen LogP contribution in [0, 0.1) is 5.92 Å². The van der Waals surface area contributed by atoms with Gasteiger partial charge in [0.1, 0.15) is 16.2 Å². The van der Waals surface area contributed by atoms with Crippen LogP contribution in [0.5, 0.6) is 0 Å². The Morgan fingerprint density at radius 3 is 2.83 bits per heavy atom. The maximum atomic E-state index is 9.52. The smallest absolute Gasteiger partial charge is 0.134 e. The van der Waals surface area contributed by atoms with Crippen molar-refractivity contribution < 1.29 is 5.11 Å². The van der Waals surface area contributed by atoms with Gasteiger partial charge in [0.15, 0.2) is 0 Å². The lowest BCUT2D eigenvalue weighted by molar-refractivity contribution is 0.244. The Bertz CT molecular complexity index is 425. The Morgan fingerprint density at radius 2 is 2.22 bits per heavy atom. The van der Waals surface area contributed by atoms with Gasteiger partial charge in [-0.1, -0.05) is 20.8 Å². The van der Waals surface area contributed by atoms with Gasteiger partial charge in [0.2, 0.25) is 0 Å². The molecule has 0 saturated carbocycles. The summed E-state index contributed by atoms with van der Waals surface area (Å²) in [5.74, 6) is 2.57. The van der Waals surface area contributed by atoms with Crippen LogP contribution in [0.25, 0.3) is 0 Å². The topological polar surface area (TPSA) is 49.2 Å². The summed E-state index contributed by atoms with van der Waals surface area (Å²) >= 11 is 3.45. The normalized spacial score (nSPS) is 24.0. The van der Waals surface area contributed by atoms with E-state index in [2.05, 4.69) is 51.6 Å². The van der Waals surface area contributed by atoms with Crippen LogP contribution in [0.15, 0.2) is 10.7 Å². The van der Waals surface area contributed by atoms with Crippen LogP contribution in [0.2, 0.25) is 0 Å². The van der Waals surface area contributed by atoms with Gasteiger partial charge in [-0.25, -0.2) is 9.97 Å². The van der Waals surface area contributed by atoms with Gasteiger partial charge in [0.25, 0.3) is 0 Å². The van der Waals surface area contributed by atoms with E-state index >= 15 is 0 Å². The molecule has 1 aliphatic heterocycles. The van der Waals surface area contributed by atoms with Gasteiger partial charge in [-0.3, -0.25) is 0 Å². The fourth-order valence-electron chi connectivity index (χ4n) is 2.40. The first-order valence-corrected chi connectivity index (χ1v) is 7.24. The van der Waals surface area contributed by atoms with Gasteiger partial charge in [-0.15, -0.1) is 0 Å². The summed E-state index contributed by atoms with van der Waals surface area (Å²) in [5, 5.41) is 9.52. The van der Waals surface area contributed by atoms with Crippen molar-refractivity contribution in [2.24, 2.45) is 5.92 Å². The molecule has 2 heterocycles. The van der Waals surface area contributed by atoms with E-state index in [4.69, 9.17) is 0 Å². The third-order valence-corrected chi connectivity index (χ3v) is 3.99. The lowest BCUT2D eigenvalue weighted by Gasteiger charge is -2.26. The number of hydrogen-bond donors (Lipinski definition) is 1. The van der Waals surface area contributed by atoms with Crippen molar-refractivity contribution >= 4 is 21.7 Å². The highest BCUT2D eigenvalue weighted by Gasteiger charge is 2.31. The van der Waals surface area contributed by atoms with Crippen molar-refractivity contribution in [1.29, 1.82) is 0 Å². The molecule has 0 bridgehead atoms. The molecular formula is C13H20BrN3O. The predicted octanol–water partition coefficient (Wildman–Crippen LogP) is 2.57. The van der Waals surface area contributed by atoms with E-state index in [0.29, 0.717) is 11.8 Å². The number of halogens is 1. The molecule has 18 heavy (non-hydrogen) atoms. The summed E-state index contributed by atoms with van der Waals surface area (Å²) in [6.07, 6.45) is 1.10. The van der Waals surface area contributed by atoms with Crippen LogP contribution in [0.4, 0.5) is 5.82 Å². The summed E-state index contributed by atoms with van der Waals surface area (Å²) < 4.78 is 0.812. The molecule has 2 atom stereocenters. The van der Waals surface area contributed by atoms with Gasteiger partial charge in [0, 0.05) is 18.5 Å². The Balaban J connectivity index is 2.33. The Hall–Kier alpha value is -0.680. The second-order valence-electron chi connectivity index (χ2n) is 5.27. The first-order chi connectivity index (χ1) is 8.52. The molecule has 1 aromatic rings. The second kappa shape index (κ2) is 5.53. The van der Waals surface area contributed by atoms with Crippen LogP contribution in [-0.4, -0.2) is 34.3 Å². The highest BCUT2D eigenvalue weighted by Crippen LogP contribution is 2.30. The van der Waals surface area contributed by atoms with Gasteiger partial charge < -0.3 is 10.0 Å². The molecule has 1 saturated heterocycles. The maximum Gasteiger partial charge on any atom is 0.134 e. The summed E-state index contributed by atoms with van der Waals surface area (Å²) in [6.45, 7) is 7.48. The lowest BCUT2D eigenvalue weighted by Crippen LogP contribution is -2.36.